The molecule has 0 aliphatic carbocycles. The van der Waals surface area contributed by atoms with Crippen molar-refractivity contribution in [2.24, 2.45) is 16.9 Å². The number of carbonyl (C=O) groups excluding carboxylic acids is 2. The van der Waals surface area contributed by atoms with Gasteiger partial charge in [-0.3, -0.25) is 9.59 Å². The van der Waals surface area contributed by atoms with Crippen LogP contribution in [0.5, 0.6) is 0 Å². The number of ether oxygens (including phenoxy) is 1. The van der Waals surface area contributed by atoms with Crippen molar-refractivity contribution in [3.63, 3.8) is 0 Å². The molecule has 2 amide bonds. The first-order valence-electron chi connectivity index (χ1n) is 5.21. The molecule has 2 fully saturated rings. The smallest absolute Gasteiger partial charge is 0.404 e. The van der Waals surface area contributed by atoms with Crippen LogP contribution in [0.3, 0.4) is 0 Å². The predicted molar refractivity (Wildman–Crippen MR) is 61.5 cm³/mol. The third-order valence-electron chi connectivity index (χ3n) is 3.13. The molecule has 0 aromatic carbocycles. The van der Waals surface area contributed by atoms with Crippen molar-refractivity contribution < 1.29 is 24.2 Å². The van der Waals surface area contributed by atoms with E-state index >= 15 is 0 Å². The minimum atomic E-state index is -1.31. The number of rotatable bonds is 3. The van der Waals surface area contributed by atoms with E-state index < -0.39 is 23.5 Å². The summed E-state index contributed by atoms with van der Waals surface area (Å²) in [6, 6.07) is -0.571. The first kappa shape index (κ1) is 13.0. The molecule has 0 aromatic heterocycles. The molecule has 8 nitrogen and oxygen atoms in total. The maximum atomic E-state index is 11.5. The number of carboxylic acids is 1. The first-order chi connectivity index (χ1) is 8.37. The van der Waals surface area contributed by atoms with Crippen molar-refractivity contribution in [3.8, 4) is 0 Å². The van der Waals surface area contributed by atoms with Gasteiger partial charge < -0.3 is 26.2 Å². The normalized spacial score (nSPS) is 34.5. The number of fused-ring (bicyclic) bond motifs is 1. The molecule has 100 valence electrons. The van der Waals surface area contributed by atoms with Gasteiger partial charge in [-0.2, -0.15) is 0 Å². The number of primary amides is 1. The first-order valence-corrected chi connectivity index (χ1v) is 6.25. The summed E-state index contributed by atoms with van der Waals surface area (Å²) in [6.45, 7) is -0.365. The van der Waals surface area contributed by atoms with Gasteiger partial charge in [-0.1, -0.05) is 0 Å². The number of aliphatic carboxylic acids is 1. The number of nitrogens with two attached hydrogens (primary N) is 2. The molecule has 0 bridgehead atoms. The van der Waals surface area contributed by atoms with Gasteiger partial charge in [0.15, 0.2) is 0 Å². The molecule has 18 heavy (non-hydrogen) atoms. The van der Waals surface area contributed by atoms with E-state index in [0.29, 0.717) is 0 Å². The summed E-state index contributed by atoms with van der Waals surface area (Å²) in [6.07, 6.45) is -1.03. The minimum absolute atomic E-state index is 0.0141. The average Bonchev–Trinajstić information content (AvgIpc) is 2.34. The van der Waals surface area contributed by atoms with Crippen molar-refractivity contribution in [2.45, 2.75) is 11.4 Å². The van der Waals surface area contributed by atoms with Crippen LogP contribution in [0.25, 0.3) is 0 Å². The second-order valence-corrected chi connectivity index (χ2v) is 5.49. The van der Waals surface area contributed by atoms with E-state index in [9.17, 15) is 19.5 Å². The second-order valence-electron chi connectivity index (χ2n) is 4.39. The Labute approximate surface area is 107 Å². The van der Waals surface area contributed by atoms with E-state index in [1.54, 1.807) is 0 Å². The second kappa shape index (κ2) is 4.32. The molecule has 2 unspecified atom stereocenters. The molecule has 2 rings (SSSR count). The number of amides is 2. The molecular formula is C9H13N3O5S. The quantitative estimate of drug-likeness (QED) is 0.527. The van der Waals surface area contributed by atoms with Gasteiger partial charge in [-0.05, 0) is 0 Å². The van der Waals surface area contributed by atoms with Crippen LogP contribution >= 0.6 is 11.8 Å². The van der Waals surface area contributed by atoms with Gasteiger partial charge in [0, 0.05) is 12.3 Å². The standard InChI is InChI=1S/C9H13N3O5S/c10-4-5(13)12-1-9(7(14)15,2-17-8(11)16)3-18-6(4)12/h4,6H,1-3,10H2,(H2,11,16)(H,14,15)/t4?,6-,9?/m1/s1. The maximum absolute atomic E-state index is 11.5. The third-order valence-corrected chi connectivity index (χ3v) is 4.74. The number of β-lactam (4-membered cyclic amide) rings is 1. The van der Waals surface area contributed by atoms with Crippen LogP contribution in [0.15, 0.2) is 0 Å². The molecule has 0 spiro atoms. The zero-order chi connectivity index (χ0) is 13.5. The largest absolute Gasteiger partial charge is 0.481 e. The highest BCUT2D eigenvalue weighted by atomic mass is 32.2. The fourth-order valence-electron chi connectivity index (χ4n) is 2.02. The van der Waals surface area contributed by atoms with E-state index in [2.05, 4.69) is 4.74 Å². The van der Waals surface area contributed by atoms with Gasteiger partial charge in [-0.15, -0.1) is 11.8 Å². The Hall–Kier alpha value is -1.48. The van der Waals surface area contributed by atoms with Gasteiger partial charge in [0.25, 0.3) is 0 Å². The molecule has 2 saturated heterocycles. The number of hydrogen-bond donors (Lipinski definition) is 3. The van der Waals surface area contributed by atoms with Crippen LogP contribution < -0.4 is 11.5 Å². The van der Waals surface area contributed by atoms with Crippen LogP contribution in [-0.2, 0) is 14.3 Å². The number of hydrogen-bond acceptors (Lipinski definition) is 6. The zero-order valence-corrected chi connectivity index (χ0v) is 10.2. The molecule has 2 heterocycles. The average molecular weight is 275 g/mol. The van der Waals surface area contributed by atoms with Crippen molar-refractivity contribution in [1.82, 2.24) is 4.90 Å². The topological polar surface area (TPSA) is 136 Å². The van der Waals surface area contributed by atoms with Crippen LogP contribution in [-0.4, -0.2) is 58.3 Å². The molecule has 0 radical (unpaired) electrons. The Kier molecular flexibility index (Phi) is 3.11. The van der Waals surface area contributed by atoms with E-state index in [0.717, 1.165) is 0 Å². The third kappa shape index (κ3) is 1.89. The summed E-state index contributed by atoms with van der Waals surface area (Å²) in [5.41, 5.74) is 9.12. The highest BCUT2D eigenvalue weighted by molar-refractivity contribution is 8.00. The number of carboxylic acid groups (broad SMARTS) is 1. The molecule has 2 aliphatic heterocycles. The molecular weight excluding hydrogens is 262 g/mol. The number of thioether (sulfide) groups is 1. The molecule has 9 heteroatoms. The van der Waals surface area contributed by atoms with Crippen LogP contribution in [0.4, 0.5) is 4.79 Å². The summed E-state index contributed by atoms with van der Waals surface area (Å²) in [7, 11) is 0. The molecule has 5 N–H and O–H groups in total. The molecule has 3 atom stereocenters. The Balaban J connectivity index is 2.11. The van der Waals surface area contributed by atoms with E-state index in [4.69, 9.17) is 11.5 Å². The van der Waals surface area contributed by atoms with E-state index in [1.165, 1.54) is 16.7 Å². The lowest BCUT2D eigenvalue weighted by Crippen LogP contribution is -2.72. The Morgan fingerprint density at radius 3 is 2.83 bits per heavy atom. The fourth-order valence-corrected chi connectivity index (χ4v) is 3.49. The zero-order valence-electron chi connectivity index (χ0n) is 9.37. The SMILES string of the molecule is NC(=O)OCC1(C(=O)O)CS[C@@H]2C(N)C(=O)N2C1. The van der Waals surface area contributed by atoms with Crippen molar-refractivity contribution >= 4 is 29.7 Å². The van der Waals surface area contributed by atoms with Gasteiger partial charge in [0.1, 0.15) is 23.4 Å². The van der Waals surface area contributed by atoms with Gasteiger partial charge in [-0.25, -0.2) is 4.79 Å². The number of nitrogens with zero attached hydrogens (tertiary/aromatic N) is 1. The summed E-state index contributed by atoms with van der Waals surface area (Å²) in [4.78, 5) is 34.8. The summed E-state index contributed by atoms with van der Waals surface area (Å²) >= 11 is 1.28. The Morgan fingerprint density at radius 2 is 2.28 bits per heavy atom. The Morgan fingerprint density at radius 1 is 1.61 bits per heavy atom. The Bertz CT molecular complexity index is 417. The minimum Gasteiger partial charge on any atom is -0.481 e. The van der Waals surface area contributed by atoms with Crippen molar-refractivity contribution in [1.29, 1.82) is 0 Å². The molecule has 0 aromatic rings. The fraction of sp³-hybridized carbons (Fsp3) is 0.667. The number of carbonyl (C=O) groups is 3. The lowest BCUT2D eigenvalue weighted by molar-refractivity contribution is -0.158. The lowest BCUT2D eigenvalue weighted by atomic mass is 9.88. The van der Waals surface area contributed by atoms with Gasteiger partial charge >= 0.3 is 12.1 Å². The highest BCUT2D eigenvalue weighted by Crippen LogP contribution is 2.41. The summed E-state index contributed by atoms with van der Waals surface area (Å²) < 4.78 is 4.59. The summed E-state index contributed by atoms with van der Waals surface area (Å²) in [5, 5.41) is 9.09. The van der Waals surface area contributed by atoms with Crippen molar-refractivity contribution in [2.75, 3.05) is 18.9 Å². The van der Waals surface area contributed by atoms with Gasteiger partial charge in [0.2, 0.25) is 5.91 Å². The molecule has 0 saturated carbocycles. The predicted octanol–water partition coefficient (Wildman–Crippen LogP) is -1.60. The van der Waals surface area contributed by atoms with Gasteiger partial charge in [0.05, 0.1) is 0 Å². The van der Waals surface area contributed by atoms with Crippen LogP contribution in [0.1, 0.15) is 0 Å². The van der Waals surface area contributed by atoms with Crippen LogP contribution in [0.2, 0.25) is 0 Å². The van der Waals surface area contributed by atoms with E-state index in [1.807, 2.05) is 0 Å². The lowest BCUT2D eigenvalue weighted by Gasteiger charge is -2.52. The summed E-state index contributed by atoms with van der Waals surface area (Å²) in [5.74, 6) is -1.18. The van der Waals surface area contributed by atoms with E-state index in [-0.39, 0.29) is 30.2 Å². The van der Waals surface area contributed by atoms with Crippen LogP contribution in [0, 0.1) is 5.41 Å². The monoisotopic (exact) mass is 275 g/mol. The van der Waals surface area contributed by atoms with Crippen molar-refractivity contribution in [3.05, 3.63) is 0 Å². The highest BCUT2D eigenvalue weighted by Gasteiger charge is 2.56. The molecule has 2 aliphatic rings. The maximum Gasteiger partial charge on any atom is 0.404 e.